The average Bonchev–Trinajstić information content (AvgIpc) is 2.18. The first-order valence-electron chi connectivity index (χ1n) is 4.32. The predicted octanol–water partition coefficient (Wildman–Crippen LogP) is 1.91. The van der Waals surface area contributed by atoms with Gasteiger partial charge in [0.1, 0.15) is 0 Å². The predicted molar refractivity (Wildman–Crippen MR) is 58.5 cm³/mol. The Balaban J connectivity index is 2.49. The second-order valence-electron chi connectivity index (χ2n) is 3.13. The maximum Gasteiger partial charge on any atom is 0.0506 e. The van der Waals surface area contributed by atoms with Crippen LogP contribution in [0.5, 0.6) is 0 Å². The molecule has 2 rings (SSSR count). The van der Waals surface area contributed by atoms with Crippen molar-refractivity contribution in [1.82, 2.24) is 4.98 Å². The van der Waals surface area contributed by atoms with Crippen LogP contribution < -0.4 is 11.5 Å². The van der Waals surface area contributed by atoms with E-state index < -0.39 is 0 Å². The molecule has 0 saturated carbocycles. The van der Waals surface area contributed by atoms with Crippen LogP contribution in [0.1, 0.15) is 0 Å². The molecule has 0 spiro atoms. The van der Waals surface area contributed by atoms with Gasteiger partial charge < -0.3 is 11.5 Å². The molecular formula is C11H11N3. The average molecular weight is 185 g/mol. The topological polar surface area (TPSA) is 64.9 Å². The van der Waals surface area contributed by atoms with E-state index in [1.54, 1.807) is 12.4 Å². The quantitative estimate of drug-likeness (QED) is 0.667. The zero-order valence-electron chi connectivity index (χ0n) is 7.64. The Kier molecular flexibility index (Phi) is 2.07. The number of nitrogens with two attached hydrogens (primary N) is 2. The minimum Gasteiger partial charge on any atom is -0.399 e. The van der Waals surface area contributed by atoms with Crippen molar-refractivity contribution < 1.29 is 0 Å². The third kappa shape index (κ3) is 1.66. The Bertz CT molecular complexity index is 408. The van der Waals surface area contributed by atoms with Gasteiger partial charge in [0.15, 0.2) is 0 Å². The summed E-state index contributed by atoms with van der Waals surface area (Å²) in [4.78, 5) is 4.02. The Morgan fingerprint density at radius 1 is 0.857 bits per heavy atom. The molecule has 1 aromatic heterocycles. The number of benzene rings is 1. The number of aromatic nitrogens is 1. The van der Waals surface area contributed by atoms with Crippen molar-refractivity contribution in [2.75, 3.05) is 11.5 Å². The third-order valence-corrected chi connectivity index (χ3v) is 1.98. The number of nitrogens with zero attached hydrogens (tertiary/aromatic N) is 1. The van der Waals surface area contributed by atoms with Crippen LogP contribution in [0, 0.1) is 0 Å². The van der Waals surface area contributed by atoms with Gasteiger partial charge in [-0.05, 0) is 23.8 Å². The minimum absolute atomic E-state index is 0.657. The van der Waals surface area contributed by atoms with Gasteiger partial charge in [-0.15, -0.1) is 0 Å². The van der Waals surface area contributed by atoms with E-state index in [9.17, 15) is 0 Å². The van der Waals surface area contributed by atoms with Crippen LogP contribution in [-0.4, -0.2) is 4.98 Å². The summed E-state index contributed by atoms with van der Waals surface area (Å²) in [7, 11) is 0. The highest BCUT2D eigenvalue weighted by molar-refractivity contribution is 5.68. The van der Waals surface area contributed by atoms with Gasteiger partial charge in [-0.3, -0.25) is 4.98 Å². The van der Waals surface area contributed by atoms with E-state index in [2.05, 4.69) is 4.98 Å². The van der Waals surface area contributed by atoms with Crippen molar-refractivity contribution in [3.63, 3.8) is 0 Å². The first-order valence-corrected chi connectivity index (χ1v) is 4.32. The highest BCUT2D eigenvalue weighted by Gasteiger charge is 1.98. The molecule has 3 heteroatoms. The molecule has 4 N–H and O–H groups in total. The molecule has 1 heterocycles. The first-order chi connectivity index (χ1) is 6.75. The molecule has 70 valence electrons. The monoisotopic (exact) mass is 185 g/mol. The van der Waals surface area contributed by atoms with Crippen molar-refractivity contribution in [3.8, 4) is 11.1 Å². The van der Waals surface area contributed by atoms with Crippen LogP contribution in [0.25, 0.3) is 11.1 Å². The lowest BCUT2D eigenvalue weighted by Crippen LogP contribution is -1.89. The molecule has 0 unspecified atom stereocenters. The van der Waals surface area contributed by atoms with Crippen molar-refractivity contribution in [2.45, 2.75) is 0 Å². The summed E-state index contributed by atoms with van der Waals surface area (Å²) < 4.78 is 0. The number of rotatable bonds is 1. The SMILES string of the molecule is Nc1cccc(-c2cncc(N)c2)c1. The molecule has 0 aliphatic heterocycles. The van der Waals surface area contributed by atoms with Crippen LogP contribution in [0.15, 0.2) is 42.7 Å². The zero-order valence-corrected chi connectivity index (χ0v) is 7.64. The van der Waals surface area contributed by atoms with Crippen molar-refractivity contribution in [1.29, 1.82) is 0 Å². The van der Waals surface area contributed by atoms with Gasteiger partial charge in [0.2, 0.25) is 0 Å². The Morgan fingerprint density at radius 3 is 2.36 bits per heavy atom. The van der Waals surface area contributed by atoms with Crippen molar-refractivity contribution in [3.05, 3.63) is 42.7 Å². The van der Waals surface area contributed by atoms with E-state index in [1.165, 1.54) is 0 Å². The van der Waals surface area contributed by atoms with Gasteiger partial charge in [0.05, 0.1) is 5.69 Å². The lowest BCUT2D eigenvalue weighted by molar-refractivity contribution is 1.33. The van der Waals surface area contributed by atoms with Gasteiger partial charge in [-0.2, -0.15) is 0 Å². The first kappa shape index (κ1) is 8.56. The molecule has 14 heavy (non-hydrogen) atoms. The third-order valence-electron chi connectivity index (χ3n) is 1.98. The zero-order chi connectivity index (χ0) is 9.97. The highest BCUT2D eigenvalue weighted by Crippen LogP contribution is 2.21. The fourth-order valence-corrected chi connectivity index (χ4v) is 1.33. The lowest BCUT2D eigenvalue weighted by Gasteiger charge is -2.02. The summed E-state index contributed by atoms with van der Waals surface area (Å²) >= 11 is 0. The summed E-state index contributed by atoms with van der Waals surface area (Å²) in [5, 5.41) is 0. The highest BCUT2D eigenvalue weighted by atomic mass is 14.7. The summed E-state index contributed by atoms with van der Waals surface area (Å²) in [5.41, 5.74) is 14.7. The molecule has 0 atom stereocenters. The molecular weight excluding hydrogens is 174 g/mol. The molecule has 0 bridgehead atoms. The number of hydrogen-bond acceptors (Lipinski definition) is 3. The number of anilines is 2. The molecule has 1 aromatic carbocycles. The molecule has 2 aromatic rings. The van der Waals surface area contributed by atoms with Gasteiger partial charge >= 0.3 is 0 Å². The van der Waals surface area contributed by atoms with E-state index in [4.69, 9.17) is 11.5 Å². The maximum atomic E-state index is 5.68. The normalized spacial score (nSPS) is 10.0. The van der Waals surface area contributed by atoms with E-state index in [-0.39, 0.29) is 0 Å². The van der Waals surface area contributed by atoms with Crippen molar-refractivity contribution in [2.24, 2.45) is 0 Å². The summed E-state index contributed by atoms with van der Waals surface area (Å²) in [5.74, 6) is 0. The van der Waals surface area contributed by atoms with E-state index >= 15 is 0 Å². The van der Waals surface area contributed by atoms with Crippen LogP contribution in [0.3, 0.4) is 0 Å². The Morgan fingerprint density at radius 2 is 1.64 bits per heavy atom. The maximum absolute atomic E-state index is 5.68. The van der Waals surface area contributed by atoms with Crippen LogP contribution >= 0.6 is 0 Å². The number of nitrogen functional groups attached to an aromatic ring is 2. The summed E-state index contributed by atoms with van der Waals surface area (Å²) in [6.45, 7) is 0. The fourth-order valence-electron chi connectivity index (χ4n) is 1.33. The summed E-state index contributed by atoms with van der Waals surface area (Å²) in [6.07, 6.45) is 3.39. The Labute approximate surface area is 82.4 Å². The number of pyridine rings is 1. The van der Waals surface area contributed by atoms with E-state index in [0.29, 0.717) is 5.69 Å². The smallest absolute Gasteiger partial charge is 0.0506 e. The van der Waals surface area contributed by atoms with Gasteiger partial charge in [0.25, 0.3) is 0 Å². The Hall–Kier alpha value is -2.03. The minimum atomic E-state index is 0.657. The van der Waals surface area contributed by atoms with Crippen LogP contribution in [0.2, 0.25) is 0 Å². The van der Waals surface area contributed by atoms with Crippen LogP contribution in [-0.2, 0) is 0 Å². The molecule has 0 aliphatic carbocycles. The van der Waals surface area contributed by atoms with Crippen LogP contribution in [0.4, 0.5) is 11.4 Å². The largest absolute Gasteiger partial charge is 0.399 e. The molecule has 0 amide bonds. The van der Waals surface area contributed by atoms with E-state index in [0.717, 1.165) is 16.8 Å². The van der Waals surface area contributed by atoms with Crippen molar-refractivity contribution >= 4 is 11.4 Å². The molecule has 0 fully saturated rings. The van der Waals surface area contributed by atoms with Gasteiger partial charge in [-0.25, -0.2) is 0 Å². The van der Waals surface area contributed by atoms with E-state index in [1.807, 2.05) is 30.3 Å². The fraction of sp³-hybridized carbons (Fsp3) is 0. The summed E-state index contributed by atoms with van der Waals surface area (Å²) in [6, 6.07) is 9.52. The van der Waals surface area contributed by atoms with Gasteiger partial charge in [-0.1, -0.05) is 12.1 Å². The molecule has 0 radical (unpaired) electrons. The van der Waals surface area contributed by atoms with Gasteiger partial charge in [0, 0.05) is 23.6 Å². The molecule has 0 aliphatic rings. The second-order valence-corrected chi connectivity index (χ2v) is 3.13. The molecule has 3 nitrogen and oxygen atoms in total. The standard InChI is InChI=1S/C11H11N3/c12-10-3-1-2-8(4-10)9-5-11(13)7-14-6-9/h1-7H,12-13H2. The molecule has 0 saturated heterocycles. The lowest BCUT2D eigenvalue weighted by atomic mass is 10.1. The second kappa shape index (κ2) is 3.38. The number of hydrogen-bond donors (Lipinski definition) is 2.